The molecule has 0 aliphatic heterocycles. The topological polar surface area (TPSA) is 39.2 Å². The molecule has 0 spiro atoms. The summed E-state index contributed by atoms with van der Waals surface area (Å²) in [6, 6.07) is 5.92. The quantitative estimate of drug-likeness (QED) is 0.886. The second-order valence-electron chi connectivity index (χ2n) is 4.04. The first-order valence-corrected chi connectivity index (χ1v) is 5.64. The van der Waals surface area contributed by atoms with Crippen molar-refractivity contribution < 1.29 is 8.81 Å². The molecule has 0 aliphatic carbocycles. The van der Waals surface area contributed by atoms with Gasteiger partial charge in [-0.3, -0.25) is 0 Å². The molecule has 2 aromatic rings. The van der Waals surface area contributed by atoms with Crippen LogP contribution in [0.25, 0.3) is 0 Å². The van der Waals surface area contributed by atoms with Gasteiger partial charge in [0.25, 0.3) is 0 Å². The molecule has 2 N–H and O–H groups in total. The zero-order chi connectivity index (χ0) is 12.6. The second-order valence-corrected chi connectivity index (χ2v) is 4.45. The van der Waals surface area contributed by atoms with Crippen LogP contribution in [0.5, 0.6) is 0 Å². The zero-order valence-corrected chi connectivity index (χ0v) is 10.4. The lowest BCUT2D eigenvalue weighted by molar-refractivity contribution is 0.464. The second kappa shape index (κ2) is 4.51. The Labute approximate surface area is 104 Å². The molecular formula is C13H13ClFNO. The molecule has 17 heavy (non-hydrogen) atoms. The first kappa shape index (κ1) is 12.1. The van der Waals surface area contributed by atoms with Gasteiger partial charge >= 0.3 is 0 Å². The van der Waals surface area contributed by atoms with Crippen LogP contribution in [-0.4, -0.2) is 0 Å². The average Bonchev–Trinajstić information content (AvgIpc) is 2.62. The summed E-state index contributed by atoms with van der Waals surface area (Å²) in [7, 11) is 0. The standard InChI is InChI=1S/C13H13ClFNO/c1-7-5-12(17-8(7)2)13(16)9-3-4-10(14)11(15)6-9/h3-6,13H,16H2,1-2H3. The summed E-state index contributed by atoms with van der Waals surface area (Å²) in [5.74, 6) is 0.978. The third-order valence-corrected chi connectivity index (χ3v) is 3.10. The Morgan fingerprint density at radius 3 is 2.53 bits per heavy atom. The highest BCUT2D eigenvalue weighted by Gasteiger charge is 2.15. The van der Waals surface area contributed by atoms with Crippen LogP contribution in [0.4, 0.5) is 4.39 Å². The average molecular weight is 254 g/mol. The fourth-order valence-electron chi connectivity index (χ4n) is 1.63. The van der Waals surface area contributed by atoms with E-state index in [0.29, 0.717) is 11.3 Å². The van der Waals surface area contributed by atoms with E-state index in [1.165, 1.54) is 12.1 Å². The van der Waals surface area contributed by atoms with Crippen molar-refractivity contribution in [2.75, 3.05) is 0 Å². The van der Waals surface area contributed by atoms with Gasteiger partial charge in [-0.05, 0) is 43.2 Å². The van der Waals surface area contributed by atoms with Gasteiger partial charge in [0.2, 0.25) is 0 Å². The highest BCUT2D eigenvalue weighted by atomic mass is 35.5. The summed E-state index contributed by atoms with van der Waals surface area (Å²) in [4.78, 5) is 0. The van der Waals surface area contributed by atoms with Crippen molar-refractivity contribution in [3.05, 3.63) is 57.8 Å². The van der Waals surface area contributed by atoms with E-state index < -0.39 is 11.9 Å². The van der Waals surface area contributed by atoms with Crippen molar-refractivity contribution in [3.63, 3.8) is 0 Å². The van der Waals surface area contributed by atoms with E-state index in [2.05, 4.69) is 0 Å². The van der Waals surface area contributed by atoms with Crippen molar-refractivity contribution in [1.29, 1.82) is 0 Å². The number of benzene rings is 1. The van der Waals surface area contributed by atoms with Gasteiger partial charge in [-0.25, -0.2) is 4.39 Å². The summed E-state index contributed by atoms with van der Waals surface area (Å²) < 4.78 is 18.8. The van der Waals surface area contributed by atoms with Gasteiger partial charge in [-0.1, -0.05) is 17.7 Å². The largest absolute Gasteiger partial charge is 0.464 e. The number of hydrogen-bond acceptors (Lipinski definition) is 2. The molecule has 90 valence electrons. The SMILES string of the molecule is Cc1cc(C(N)c2ccc(Cl)c(F)c2)oc1C. The lowest BCUT2D eigenvalue weighted by atomic mass is 10.1. The molecule has 1 aromatic carbocycles. The number of hydrogen-bond donors (Lipinski definition) is 1. The van der Waals surface area contributed by atoms with Gasteiger partial charge < -0.3 is 10.2 Å². The lowest BCUT2D eigenvalue weighted by Gasteiger charge is -2.09. The van der Waals surface area contributed by atoms with E-state index in [1.54, 1.807) is 6.07 Å². The van der Waals surface area contributed by atoms with Gasteiger partial charge in [-0.15, -0.1) is 0 Å². The molecule has 2 nitrogen and oxygen atoms in total. The van der Waals surface area contributed by atoms with Crippen LogP contribution < -0.4 is 5.73 Å². The number of furan rings is 1. The summed E-state index contributed by atoms with van der Waals surface area (Å²) in [5, 5.41) is 0.0905. The van der Waals surface area contributed by atoms with E-state index in [4.69, 9.17) is 21.8 Å². The molecular weight excluding hydrogens is 241 g/mol. The Hall–Kier alpha value is -1.32. The molecule has 0 bridgehead atoms. The molecule has 0 saturated heterocycles. The van der Waals surface area contributed by atoms with Gasteiger partial charge in [0.05, 0.1) is 11.1 Å². The Morgan fingerprint density at radius 1 is 1.29 bits per heavy atom. The van der Waals surface area contributed by atoms with Gasteiger partial charge in [0, 0.05) is 0 Å². The Kier molecular flexibility index (Phi) is 3.22. The van der Waals surface area contributed by atoms with Crippen LogP contribution in [0.1, 0.15) is 28.7 Å². The fourth-order valence-corrected chi connectivity index (χ4v) is 1.74. The highest BCUT2D eigenvalue weighted by Crippen LogP contribution is 2.26. The first-order valence-electron chi connectivity index (χ1n) is 5.26. The van der Waals surface area contributed by atoms with Crippen LogP contribution in [0.3, 0.4) is 0 Å². The van der Waals surface area contributed by atoms with Crippen LogP contribution in [0.2, 0.25) is 5.02 Å². The van der Waals surface area contributed by atoms with Crippen molar-refractivity contribution in [2.45, 2.75) is 19.9 Å². The van der Waals surface area contributed by atoms with E-state index in [9.17, 15) is 4.39 Å². The third kappa shape index (κ3) is 2.35. The minimum Gasteiger partial charge on any atom is -0.464 e. The predicted molar refractivity (Wildman–Crippen MR) is 65.6 cm³/mol. The van der Waals surface area contributed by atoms with Crippen LogP contribution in [0, 0.1) is 19.7 Å². The number of halogens is 2. The van der Waals surface area contributed by atoms with Gasteiger partial charge in [-0.2, -0.15) is 0 Å². The zero-order valence-electron chi connectivity index (χ0n) is 9.63. The maximum absolute atomic E-state index is 13.3. The van der Waals surface area contributed by atoms with Crippen LogP contribution in [-0.2, 0) is 0 Å². The Morgan fingerprint density at radius 2 is 2.00 bits per heavy atom. The lowest BCUT2D eigenvalue weighted by Crippen LogP contribution is -2.11. The van der Waals surface area contributed by atoms with Crippen molar-refractivity contribution in [2.24, 2.45) is 5.73 Å². The fraction of sp³-hybridized carbons (Fsp3) is 0.231. The minimum atomic E-state index is -0.478. The molecule has 0 amide bonds. The molecule has 0 aliphatic rings. The van der Waals surface area contributed by atoms with E-state index in [1.807, 2.05) is 19.9 Å². The van der Waals surface area contributed by atoms with Crippen molar-refractivity contribution in [3.8, 4) is 0 Å². The van der Waals surface area contributed by atoms with E-state index in [-0.39, 0.29) is 5.02 Å². The summed E-state index contributed by atoms with van der Waals surface area (Å²) in [6.07, 6.45) is 0. The van der Waals surface area contributed by atoms with E-state index >= 15 is 0 Å². The molecule has 1 atom stereocenters. The molecule has 1 unspecified atom stereocenters. The molecule has 4 heteroatoms. The van der Waals surface area contributed by atoms with Crippen molar-refractivity contribution >= 4 is 11.6 Å². The van der Waals surface area contributed by atoms with Crippen LogP contribution >= 0.6 is 11.6 Å². The molecule has 1 heterocycles. The third-order valence-electron chi connectivity index (χ3n) is 2.79. The van der Waals surface area contributed by atoms with Gasteiger partial charge in [0.15, 0.2) is 0 Å². The Bertz CT molecular complexity index is 531. The van der Waals surface area contributed by atoms with Crippen molar-refractivity contribution in [1.82, 2.24) is 0 Å². The maximum atomic E-state index is 13.3. The minimum absolute atomic E-state index is 0.0905. The maximum Gasteiger partial charge on any atom is 0.142 e. The van der Waals surface area contributed by atoms with Gasteiger partial charge in [0.1, 0.15) is 17.3 Å². The molecule has 2 rings (SSSR count). The number of nitrogens with two attached hydrogens (primary N) is 1. The summed E-state index contributed by atoms with van der Waals surface area (Å²) in [5.41, 5.74) is 7.69. The summed E-state index contributed by atoms with van der Waals surface area (Å²) in [6.45, 7) is 3.81. The normalized spacial score (nSPS) is 12.8. The highest BCUT2D eigenvalue weighted by molar-refractivity contribution is 6.30. The number of rotatable bonds is 2. The molecule has 0 saturated carbocycles. The Balaban J connectivity index is 2.36. The van der Waals surface area contributed by atoms with Crippen LogP contribution in [0.15, 0.2) is 28.7 Å². The first-order chi connectivity index (χ1) is 7.99. The predicted octanol–water partition coefficient (Wildman–Crippen LogP) is 3.74. The molecule has 0 radical (unpaired) electrons. The smallest absolute Gasteiger partial charge is 0.142 e. The molecule has 1 aromatic heterocycles. The molecule has 0 fully saturated rings. The van der Waals surface area contributed by atoms with E-state index in [0.717, 1.165) is 11.3 Å². The number of aryl methyl sites for hydroxylation is 2. The monoisotopic (exact) mass is 253 g/mol. The summed E-state index contributed by atoms with van der Waals surface area (Å²) >= 11 is 5.62.